The number of nitrogens with zero attached hydrogens (tertiary/aromatic N) is 1. The molecule has 0 aromatic heterocycles. The average Bonchev–Trinajstić information content (AvgIpc) is 2.53. The third kappa shape index (κ3) is 4.05. The van der Waals surface area contributed by atoms with E-state index < -0.39 is 5.54 Å². The van der Waals surface area contributed by atoms with Crippen LogP contribution in [0.2, 0.25) is 0 Å². The molecular weight excluding hydrogens is 266 g/mol. The van der Waals surface area contributed by atoms with Gasteiger partial charge in [-0.3, -0.25) is 9.69 Å². The highest BCUT2D eigenvalue weighted by Gasteiger charge is 2.34. The molecule has 116 valence electrons. The van der Waals surface area contributed by atoms with E-state index in [0.29, 0.717) is 12.2 Å². The Kier molecular flexibility index (Phi) is 5.37. The van der Waals surface area contributed by atoms with Crippen molar-refractivity contribution in [3.63, 3.8) is 0 Å². The first kappa shape index (κ1) is 16.0. The maximum Gasteiger partial charge on any atom is 0.152 e. The lowest BCUT2D eigenvalue weighted by Crippen LogP contribution is -2.54. The molecule has 1 aromatic carbocycles. The zero-order chi connectivity index (χ0) is 15.3. The number of carbonyl (C=O) groups excluding carboxylic acids is 1. The molecule has 2 rings (SSSR count). The Morgan fingerprint density at radius 3 is 2.43 bits per heavy atom. The van der Waals surface area contributed by atoms with Crippen molar-refractivity contribution in [2.45, 2.75) is 32.2 Å². The Morgan fingerprint density at radius 1 is 1.24 bits per heavy atom. The van der Waals surface area contributed by atoms with Crippen LogP contribution in [-0.4, -0.2) is 49.6 Å². The van der Waals surface area contributed by atoms with E-state index in [1.807, 2.05) is 38.1 Å². The lowest BCUT2D eigenvalue weighted by Gasteiger charge is -2.39. The summed E-state index contributed by atoms with van der Waals surface area (Å²) in [6.07, 6.45) is 1.34. The minimum Gasteiger partial charge on any atom is -0.497 e. The van der Waals surface area contributed by atoms with Crippen molar-refractivity contribution in [2.75, 3.05) is 33.4 Å². The predicted octanol–water partition coefficient (Wildman–Crippen LogP) is 2.31. The van der Waals surface area contributed by atoms with Crippen LogP contribution in [0.5, 0.6) is 5.75 Å². The van der Waals surface area contributed by atoms with Gasteiger partial charge < -0.3 is 9.47 Å². The minimum absolute atomic E-state index is 0.292. The molecular formula is C17H25NO3. The Hall–Kier alpha value is -1.39. The fraction of sp³-hybridized carbons (Fsp3) is 0.588. The van der Waals surface area contributed by atoms with Gasteiger partial charge in [0.05, 0.1) is 25.9 Å². The SMILES string of the molecule is COc1ccc(CCC(=O)C(C)(C)N2CCOCC2)cc1. The highest BCUT2D eigenvalue weighted by atomic mass is 16.5. The predicted molar refractivity (Wildman–Crippen MR) is 82.8 cm³/mol. The van der Waals surface area contributed by atoms with E-state index in [2.05, 4.69) is 4.90 Å². The van der Waals surface area contributed by atoms with Crippen molar-refractivity contribution in [3.8, 4) is 5.75 Å². The van der Waals surface area contributed by atoms with E-state index in [4.69, 9.17) is 9.47 Å². The quantitative estimate of drug-likeness (QED) is 0.806. The molecule has 0 bridgehead atoms. The Bertz CT molecular complexity index is 461. The highest BCUT2D eigenvalue weighted by molar-refractivity contribution is 5.87. The third-order valence-corrected chi connectivity index (χ3v) is 4.28. The van der Waals surface area contributed by atoms with Crippen molar-refractivity contribution in [1.29, 1.82) is 0 Å². The van der Waals surface area contributed by atoms with Gasteiger partial charge in [-0.1, -0.05) is 12.1 Å². The minimum atomic E-state index is -0.406. The van der Waals surface area contributed by atoms with Gasteiger partial charge in [0.15, 0.2) is 5.78 Å². The zero-order valence-corrected chi connectivity index (χ0v) is 13.2. The summed E-state index contributed by atoms with van der Waals surface area (Å²) in [7, 11) is 1.66. The van der Waals surface area contributed by atoms with Crippen molar-refractivity contribution < 1.29 is 14.3 Å². The molecule has 0 atom stereocenters. The van der Waals surface area contributed by atoms with Gasteiger partial charge in [-0.15, -0.1) is 0 Å². The second-order valence-corrected chi connectivity index (χ2v) is 5.93. The number of methoxy groups -OCH3 is 1. The topological polar surface area (TPSA) is 38.8 Å². The number of aryl methyl sites for hydroxylation is 1. The van der Waals surface area contributed by atoms with E-state index in [1.54, 1.807) is 7.11 Å². The van der Waals surface area contributed by atoms with Crippen molar-refractivity contribution in [1.82, 2.24) is 4.90 Å². The summed E-state index contributed by atoms with van der Waals surface area (Å²) in [5.41, 5.74) is 0.762. The van der Waals surface area contributed by atoms with Gasteiger partial charge in [-0.05, 0) is 38.0 Å². The van der Waals surface area contributed by atoms with Gasteiger partial charge >= 0.3 is 0 Å². The van der Waals surface area contributed by atoms with Gasteiger partial charge in [0.2, 0.25) is 0 Å². The van der Waals surface area contributed by atoms with Crippen molar-refractivity contribution >= 4 is 5.78 Å². The van der Waals surface area contributed by atoms with Gasteiger partial charge in [0.25, 0.3) is 0 Å². The Labute approximate surface area is 127 Å². The van der Waals surface area contributed by atoms with Crippen LogP contribution in [0, 0.1) is 0 Å². The first-order chi connectivity index (χ1) is 10.0. The normalized spacial score (nSPS) is 16.7. The summed E-state index contributed by atoms with van der Waals surface area (Å²) < 4.78 is 10.5. The molecule has 0 amide bonds. The molecule has 0 aliphatic carbocycles. The van der Waals surface area contributed by atoms with Gasteiger partial charge in [-0.25, -0.2) is 0 Å². The second kappa shape index (κ2) is 7.05. The smallest absolute Gasteiger partial charge is 0.152 e. The zero-order valence-electron chi connectivity index (χ0n) is 13.2. The molecule has 4 nitrogen and oxygen atoms in total. The number of Topliss-reactive ketones (excluding diaryl/α,β-unsaturated/α-hetero) is 1. The second-order valence-electron chi connectivity index (χ2n) is 5.93. The number of ketones is 1. The van der Waals surface area contributed by atoms with Crippen LogP contribution in [0.3, 0.4) is 0 Å². The van der Waals surface area contributed by atoms with Crippen LogP contribution >= 0.6 is 0 Å². The van der Waals surface area contributed by atoms with Crippen LogP contribution in [0.25, 0.3) is 0 Å². The van der Waals surface area contributed by atoms with Crippen LogP contribution in [0.4, 0.5) is 0 Å². The molecule has 1 saturated heterocycles. The average molecular weight is 291 g/mol. The van der Waals surface area contributed by atoms with Gasteiger partial charge in [0, 0.05) is 19.5 Å². The van der Waals surface area contributed by atoms with Gasteiger partial charge in [0.1, 0.15) is 5.75 Å². The van der Waals surface area contributed by atoms with Crippen LogP contribution < -0.4 is 4.74 Å². The first-order valence-corrected chi connectivity index (χ1v) is 7.53. The number of ether oxygens (including phenoxy) is 2. The highest BCUT2D eigenvalue weighted by Crippen LogP contribution is 2.20. The Morgan fingerprint density at radius 2 is 1.86 bits per heavy atom. The molecule has 0 spiro atoms. The summed E-state index contributed by atoms with van der Waals surface area (Å²) in [4.78, 5) is 14.8. The number of hydrogen-bond acceptors (Lipinski definition) is 4. The number of morpholine rings is 1. The van der Waals surface area contributed by atoms with Crippen molar-refractivity contribution in [3.05, 3.63) is 29.8 Å². The van der Waals surface area contributed by atoms with Crippen LogP contribution in [0.1, 0.15) is 25.8 Å². The van der Waals surface area contributed by atoms with E-state index in [1.165, 1.54) is 5.56 Å². The number of carbonyl (C=O) groups is 1. The fourth-order valence-electron chi connectivity index (χ4n) is 2.65. The fourth-order valence-corrected chi connectivity index (χ4v) is 2.65. The number of benzene rings is 1. The number of hydrogen-bond donors (Lipinski definition) is 0. The molecule has 0 N–H and O–H groups in total. The summed E-state index contributed by atoms with van der Waals surface area (Å²) in [6.45, 7) is 7.15. The van der Waals surface area contributed by atoms with E-state index in [9.17, 15) is 4.79 Å². The lowest BCUT2D eigenvalue weighted by molar-refractivity contribution is -0.132. The Balaban J connectivity index is 1.90. The molecule has 0 saturated carbocycles. The van der Waals surface area contributed by atoms with Crippen molar-refractivity contribution in [2.24, 2.45) is 0 Å². The standard InChI is InChI=1S/C17H25NO3/c1-17(2,18-10-12-21-13-11-18)16(19)9-6-14-4-7-15(20-3)8-5-14/h4-5,7-8H,6,9-13H2,1-3H3. The molecule has 1 aromatic rings. The molecule has 1 fully saturated rings. The summed E-state index contributed by atoms with van der Waals surface area (Å²) in [5, 5.41) is 0. The molecule has 0 radical (unpaired) electrons. The monoisotopic (exact) mass is 291 g/mol. The molecule has 0 unspecified atom stereocenters. The van der Waals surface area contributed by atoms with E-state index in [-0.39, 0.29) is 0 Å². The molecule has 1 aliphatic rings. The van der Waals surface area contributed by atoms with E-state index >= 15 is 0 Å². The largest absolute Gasteiger partial charge is 0.497 e. The molecule has 4 heteroatoms. The van der Waals surface area contributed by atoms with E-state index in [0.717, 1.165) is 38.5 Å². The summed E-state index contributed by atoms with van der Waals surface area (Å²) >= 11 is 0. The molecule has 21 heavy (non-hydrogen) atoms. The van der Waals surface area contributed by atoms with Crippen LogP contribution in [-0.2, 0) is 16.0 Å². The summed E-state index contributed by atoms with van der Waals surface area (Å²) in [6, 6.07) is 7.92. The number of rotatable bonds is 6. The molecule has 1 heterocycles. The molecule has 1 aliphatic heterocycles. The maximum atomic E-state index is 12.6. The lowest BCUT2D eigenvalue weighted by atomic mass is 9.91. The van der Waals surface area contributed by atoms with Crippen LogP contribution in [0.15, 0.2) is 24.3 Å². The first-order valence-electron chi connectivity index (χ1n) is 7.53. The summed E-state index contributed by atoms with van der Waals surface area (Å²) in [5.74, 6) is 1.14. The van der Waals surface area contributed by atoms with Gasteiger partial charge in [-0.2, -0.15) is 0 Å². The third-order valence-electron chi connectivity index (χ3n) is 4.28. The maximum absolute atomic E-state index is 12.6.